The topological polar surface area (TPSA) is 84.3 Å². The van der Waals surface area contributed by atoms with Crippen LogP contribution >= 0.6 is 0 Å². The first kappa shape index (κ1) is 16.0. The monoisotopic (exact) mass is 303 g/mol. The van der Waals surface area contributed by atoms with Crippen molar-refractivity contribution >= 4 is 17.3 Å². The summed E-state index contributed by atoms with van der Waals surface area (Å²) >= 11 is 0. The van der Waals surface area contributed by atoms with Crippen LogP contribution in [-0.2, 0) is 4.79 Å². The Morgan fingerprint density at radius 1 is 1.32 bits per heavy atom. The number of benzene rings is 1. The van der Waals surface area contributed by atoms with Crippen LogP contribution in [0.4, 0.5) is 11.4 Å². The highest BCUT2D eigenvalue weighted by Crippen LogP contribution is 2.59. The molecule has 1 fully saturated rings. The summed E-state index contributed by atoms with van der Waals surface area (Å²) in [5.41, 5.74) is 6.55. The zero-order valence-corrected chi connectivity index (χ0v) is 13.2. The maximum absolute atomic E-state index is 12.3. The van der Waals surface area contributed by atoms with E-state index in [1.807, 2.05) is 27.7 Å². The predicted molar refractivity (Wildman–Crippen MR) is 85.1 cm³/mol. The largest absolute Gasteiger partial charge is 0.294 e. The van der Waals surface area contributed by atoms with E-state index in [2.05, 4.69) is 16.9 Å². The van der Waals surface area contributed by atoms with Gasteiger partial charge in [0, 0.05) is 6.07 Å². The van der Waals surface area contributed by atoms with E-state index in [0.29, 0.717) is 0 Å². The van der Waals surface area contributed by atoms with Gasteiger partial charge in [0.25, 0.3) is 5.69 Å². The zero-order valence-electron chi connectivity index (χ0n) is 13.2. The fourth-order valence-electron chi connectivity index (χ4n) is 2.79. The number of allylic oxidation sites excluding steroid dienone is 2. The molecule has 0 heterocycles. The van der Waals surface area contributed by atoms with Gasteiger partial charge in [-0.25, -0.2) is 0 Å². The second-order valence-corrected chi connectivity index (χ2v) is 6.46. The van der Waals surface area contributed by atoms with Gasteiger partial charge in [0.2, 0.25) is 5.91 Å². The SMILES string of the molecule is CC(C)=C[C@@H]1[C@H](C(=O)NNc2ccccc2[N+](=O)[O-])C1(C)C. The van der Waals surface area contributed by atoms with Gasteiger partial charge in [0.05, 0.1) is 10.8 Å². The second-order valence-electron chi connectivity index (χ2n) is 6.46. The first-order chi connectivity index (χ1) is 10.2. The number of amides is 1. The number of carbonyl (C=O) groups excluding carboxylic acids is 1. The van der Waals surface area contributed by atoms with Crippen molar-refractivity contribution in [1.29, 1.82) is 0 Å². The van der Waals surface area contributed by atoms with E-state index in [1.54, 1.807) is 18.2 Å². The van der Waals surface area contributed by atoms with Crippen molar-refractivity contribution in [2.45, 2.75) is 27.7 Å². The standard InChI is InChI=1S/C16H21N3O3/c1-10(2)9-11-14(16(11,3)4)15(20)18-17-12-7-5-6-8-13(12)19(21)22/h5-9,11,14,17H,1-4H3,(H,18,20)/t11-,14-/m1/s1. The molecule has 1 aromatic carbocycles. The molecule has 2 rings (SSSR count). The number of carbonyl (C=O) groups is 1. The van der Waals surface area contributed by atoms with E-state index < -0.39 is 4.92 Å². The lowest BCUT2D eigenvalue weighted by Crippen LogP contribution is -2.32. The van der Waals surface area contributed by atoms with Gasteiger partial charge in [0.15, 0.2) is 0 Å². The normalized spacial score (nSPS) is 21.6. The van der Waals surface area contributed by atoms with Crippen LogP contribution < -0.4 is 10.9 Å². The molecule has 2 N–H and O–H groups in total. The van der Waals surface area contributed by atoms with Crippen LogP contribution in [-0.4, -0.2) is 10.8 Å². The van der Waals surface area contributed by atoms with Crippen molar-refractivity contribution in [2.24, 2.45) is 17.3 Å². The Kier molecular flexibility index (Phi) is 4.21. The van der Waals surface area contributed by atoms with E-state index in [4.69, 9.17) is 0 Å². The lowest BCUT2D eigenvalue weighted by Gasteiger charge is -2.09. The van der Waals surface area contributed by atoms with Crippen LogP contribution in [0.5, 0.6) is 0 Å². The lowest BCUT2D eigenvalue weighted by molar-refractivity contribution is -0.384. The van der Waals surface area contributed by atoms with Gasteiger partial charge in [-0.05, 0) is 31.2 Å². The minimum absolute atomic E-state index is 0.0706. The number of nitro benzene ring substituents is 1. The van der Waals surface area contributed by atoms with Crippen molar-refractivity contribution in [3.05, 3.63) is 46.0 Å². The number of anilines is 1. The van der Waals surface area contributed by atoms with Crippen LogP contribution in [0.1, 0.15) is 27.7 Å². The fourth-order valence-corrected chi connectivity index (χ4v) is 2.79. The van der Waals surface area contributed by atoms with Gasteiger partial charge in [0.1, 0.15) is 5.69 Å². The van der Waals surface area contributed by atoms with Gasteiger partial charge >= 0.3 is 0 Å². The number of nitrogens with one attached hydrogen (secondary N) is 2. The van der Waals surface area contributed by atoms with Gasteiger partial charge in [-0.3, -0.25) is 25.8 Å². The van der Waals surface area contributed by atoms with Crippen LogP contribution in [0.3, 0.4) is 0 Å². The summed E-state index contributed by atoms with van der Waals surface area (Å²) in [6.07, 6.45) is 2.11. The van der Waals surface area contributed by atoms with Gasteiger partial charge in [-0.1, -0.05) is 37.6 Å². The van der Waals surface area contributed by atoms with Crippen LogP contribution in [0.2, 0.25) is 0 Å². The van der Waals surface area contributed by atoms with E-state index in [0.717, 1.165) is 0 Å². The second kappa shape index (κ2) is 5.79. The van der Waals surface area contributed by atoms with E-state index in [1.165, 1.54) is 11.6 Å². The highest BCUT2D eigenvalue weighted by Gasteiger charge is 2.60. The number of para-hydroxylation sites is 2. The Morgan fingerprint density at radius 2 is 1.95 bits per heavy atom. The first-order valence-electron chi connectivity index (χ1n) is 7.19. The molecule has 0 spiro atoms. The number of nitrogens with zero attached hydrogens (tertiary/aromatic N) is 1. The number of hydrazine groups is 1. The van der Waals surface area contributed by atoms with E-state index in [-0.39, 0.29) is 34.5 Å². The predicted octanol–water partition coefficient (Wildman–Crippen LogP) is 3.28. The lowest BCUT2D eigenvalue weighted by atomic mass is 10.1. The molecule has 1 aromatic rings. The van der Waals surface area contributed by atoms with Gasteiger partial charge < -0.3 is 0 Å². The highest BCUT2D eigenvalue weighted by atomic mass is 16.6. The molecular weight excluding hydrogens is 282 g/mol. The molecule has 1 aliphatic rings. The summed E-state index contributed by atoms with van der Waals surface area (Å²) in [7, 11) is 0. The Hall–Kier alpha value is -2.37. The number of nitro groups is 1. The summed E-state index contributed by atoms with van der Waals surface area (Å²) in [6.45, 7) is 8.11. The summed E-state index contributed by atoms with van der Waals surface area (Å²) in [6, 6.07) is 6.21. The third-order valence-electron chi connectivity index (χ3n) is 4.13. The third-order valence-corrected chi connectivity index (χ3v) is 4.13. The Morgan fingerprint density at radius 3 is 2.55 bits per heavy atom. The van der Waals surface area contributed by atoms with Gasteiger partial charge in [-0.15, -0.1) is 0 Å². The maximum Gasteiger partial charge on any atom is 0.294 e. The molecule has 0 radical (unpaired) electrons. The molecule has 0 saturated heterocycles. The van der Waals surface area contributed by atoms with Crippen LogP contribution in [0.15, 0.2) is 35.9 Å². The smallest absolute Gasteiger partial charge is 0.292 e. The Bertz CT molecular complexity index is 633. The molecular formula is C16H21N3O3. The molecule has 1 aliphatic carbocycles. The Balaban J connectivity index is 2.03. The summed E-state index contributed by atoms with van der Waals surface area (Å²) < 4.78 is 0. The third kappa shape index (κ3) is 3.10. The summed E-state index contributed by atoms with van der Waals surface area (Å²) in [4.78, 5) is 22.7. The van der Waals surface area contributed by atoms with Gasteiger partial charge in [-0.2, -0.15) is 0 Å². The molecule has 2 atom stereocenters. The highest BCUT2D eigenvalue weighted by molar-refractivity contribution is 5.85. The number of hydrogen-bond donors (Lipinski definition) is 2. The van der Waals surface area contributed by atoms with Crippen molar-refractivity contribution in [3.8, 4) is 0 Å². The van der Waals surface area contributed by atoms with Crippen molar-refractivity contribution in [1.82, 2.24) is 5.43 Å². The summed E-state index contributed by atoms with van der Waals surface area (Å²) in [5, 5.41) is 10.9. The average Bonchev–Trinajstić information content (AvgIpc) is 2.96. The molecule has 0 bridgehead atoms. The Labute approximate surface area is 129 Å². The van der Waals surface area contributed by atoms with Crippen LogP contribution in [0.25, 0.3) is 0 Å². The minimum atomic E-state index is -0.485. The first-order valence-corrected chi connectivity index (χ1v) is 7.19. The molecule has 6 heteroatoms. The maximum atomic E-state index is 12.3. The molecule has 1 saturated carbocycles. The quantitative estimate of drug-likeness (QED) is 0.496. The number of hydrogen-bond acceptors (Lipinski definition) is 4. The van der Waals surface area contributed by atoms with E-state index >= 15 is 0 Å². The fraction of sp³-hybridized carbons (Fsp3) is 0.438. The molecule has 0 aliphatic heterocycles. The molecule has 118 valence electrons. The average molecular weight is 303 g/mol. The van der Waals surface area contributed by atoms with E-state index in [9.17, 15) is 14.9 Å². The van der Waals surface area contributed by atoms with Crippen molar-refractivity contribution in [3.63, 3.8) is 0 Å². The molecule has 0 unspecified atom stereocenters. The molecule has 1 amide bonds. The minimum Gasteiger partial charge on any atom is -0.292 e. The molecule has 0 aromatic heterocycles. The number of rotatable bonds is 5. The zero-order chi connectivity index (χ0) is 16.5. The molecule has 22 heavy (non-hydrogen) atoms. The summed E-state index contributed by atoms with van der Waals surface area (Å²) in [5.74, 6) is -0.0756. The van der Waals surface area contributed by atoms with Crippen molar-refractivity contribution < 1.29 is 9.72 Å². The van der Waals surface area contributed by atoms with Crippen LogP contribution in [0, 0.1) is 27.4 Å². The molecule has 6 nitrogen and oxygen atoms in total. The van der Waals surface area contributed by atoms with Crippen molar-refractivity contribution in [2.75, 3.05) is 5.43 Å².